The Kier molecular flexibility index (Phi) is 5.29. The van der Waals surface area contributed by atoms with Crippen LogP contribution in [0.2, 0.25) is 0 Å². The van der Waals surface area contributed by atoms with E-state index < -0.39 is 0 Å². The van der Waals surface area contributed by atoms with Crippen LogP contribution < -0.4 is 11.3 Å². The molecule has 2 aromatic carbocycles. The summed E-state index contributed by atoms with van der Waals surface area (Å²) in [4.78, 5) is 0. The summed E-state index contributed by atoms with van der Waals surface area (Å²) in [7, 11) is 0. The predicted molar refractivity (Wildman–Crippen MR) is 83.8 cm³/mol. The van der Waals surface area contributed by atoms with Crippen LogP contribution in [0.5, 0.6) is 0 Å². The van der Waals surface area contributed by atoms with Crippen molar-refractivity contribution in [1.29, 1.82) is 0 Å². The summed E-state index contributed by atoms with van der Waals surface area (Å²) in [5.41, 5.74) is 6.24. The summed E-state index contributed by atoms with van der Waals surface area (Å²) in [5, 5.41) is 0. The second kappa shape index (κ2) is 6.97. The van der Waals surface area contributed by atoms with Gasteiger partial charge in [-0.2, -0.15) is 0 Å². The van der Waals surface area contributed by atoms with Gasteiger partial charge in [0.05, 0.1) is 4.47 Å². The molecule has 0 aliphatic carbocycles. The molecule has 0 aliphatic heterocycles. The van der Waals surface area contributed by atoms with E-state index in [2.05, 4.69) is 40.4 Å². The highest BCUT2D eigenvalue weighted by atomic mass is 79.9. The van der Waals surface area contributed by atoms with Crippen LogP contribution in [0.4, 0.5) is 4.39 Å². The molecule has 106 valence electrons. The van der Waals surface area contributed by atoms with Crippen molar-refractivity contribution in [3.63, 3.8) is 0 Å². The number of hydrogen-bond donors (Lipinski definition) is 2. The number of hydrazine groups is 1. The van der Waals surface area contributed by atoms with Gasteiger partial charge in [0, 0.05) is 6.04 Å². The number of aryl methyl sites for hydroxylation is 1. The molecule has 0 aromatic heterocycles. The van der Waals surface area contributed by atoms with Crippen LogP contribution in [0, 0.1) is 12.7 Å². The molecule has 0 saturated carbocycles. The van der Waals surface area contributed by atoms with Crippen molar-refractivity contribution in [2.75, 3.05) is 0 Å². The Bertz CT molecular complexity index is 586. The van der Waals surface area contributed by atoms with Crippen molar-refractivity contribution in [2.24, 2.45) is 5.84 Å². The zero-order valence-corrected chi connectivity index (χ0v) is 13.0. The minimum Gasteiger partial charge on any atom is -0.271 e. The summed E-state index contributed by atoms with van der Waals surface area (Å²) in [6.45, 7) is 2.08. The highest BCUT2D eigenvalue weighted by molar-refractivity contribution is 9.10. The first-order valence-electron chi connectivity index (χ1n) is 6.55. The standard InChI is InChI=1S/C16H18BrFN2/c1-11-5-2-3-6-12(11)9-14(20-19)10-13-7-4-8-15(18)16(13)17/h2-8,14,20H,9-10,19H2,1H3. The van der Waals surface area contributed by atoms with E-state index in [1.807, 2.05) is 18.2 Å². The summed E-state index contributed by atoms with van der Waals surface area (Å²) in [6, 6.07) is 13.4. The third-order valence-electron chi connectivity index (χ3n) is 3.46. The van der Waals surface area contributed by atoms with Crippen molar-refractivity contribution in [3.8, 4) is 0 Å². The lowest BCUT2D eigenvalue weighted by atomic mass is 9.97. The molecule has 2 aromatic rings. The van der Waals surface area contributed by atoms with Gasteiger partial charge < -0.3 is 0 Å². The lowest BCUT2D eigenvalue weighted by Gasteiger charge is -2.18. The van der Waals surface area contributed by atoms with E-state index in [0.717, 1.165) is 12.0 Å². The minimum absolute atomic E-state index is 0.0641. The van der Waals surface area contributed by atoms with Crippen molar-refractivity contribution >= 4 is 15.9 Å². The maximum absolute atomic E-state index is 13.5. The normalized spacial score (nSPS) is 12.4. The topological polar surface area (TPSA) is 38.0 Å². The Labute approximate surface area is 127 Å². The van der Waals surface area contributed by atoms with E-state index >= 15 is 0 Å². The van der Waals surface area contributed by atoms with Gasteiger partial charge in [0.25, 0.3) is 0 Å². The van der Waals surface area contributed by atoms with Crippen molar-refractivity contribution in [2.45, 2.75) is 25.8 Å². The molecule has 4 heteroatoms. The average Bonchev–Trinajstić information content (AvgIpc) is 2.45. The number of nitrogens with one attached hydrogen (secondary N) is 1. The molecule has 1 atom stereocenters. The number of halogens is 2. The summed E-state index contributed by atoms with van der Waals surface area (Å²) in [6.07, 6.45) is 1.48. The summed E-state index contributed by atoms with van der Waals surface area (Å²) < 4.78 is 14.0. The van der Waals surface area contributed by atoms with Crippen LogP contribution in [-0.2, 0) is 12.8 Å². The number of nitrogens with two attached hydrogens (primary N) is 1. The van der Waals surface area contributed by atoms with Gasteiger partial charge >= 0.3 is 0 Å². The van der Waals surface area contributed by atoms with Gasteiger partial charge in [-0.25, -0.2) is 4.39 Å². The molecule has 3 N–H and O–H groups in total. The first-order valence-corrected chi connectivity index (χ1v) is 7.34. The van der Waals surface area contributed by atoms with E-state index in [-0.39, 0.29) is 11.9 Å². The lowest BCUT2D eigenvalue weighted by Crippen LogP contribution is -2.38. The van der Waals surface area contributed by atoms with Crippen molar-refractivity contribution in [3.05, 3.63) is 69.4 Å². The second-order valence-corrected chi connectivity index (χ2v) is 5.70. The zero-order chi connectivity index (χ0) is 14.5. The van der Waals surface area contributed by atoms with Gasteiger partial charge in [-0.1, -0.05) is 36.4 Å². The number of rotatable bonds is 5. The molecule has 0 radical (unpaired) electrons. The molecule has 0 heterocycles. The van der Waals surface area contributed by atoms with Gasteiger partial charge in [-0.05, 0) is 58.5 Å². The Morgan fingerprint density at radius 1 is 1.10 bits per heavy atom. The molecule has 0 saturated heterocycles. The molecule has 2 nitrogen and oxygen atoms in total. The maximum atomic E-state index is 13.5. The first-order chi connectivity index (χ1) is 9.61. The van der Waals surface area contributed by atoms with E-state index in [1.54, 1.807) is 6.07 Å². The third kappa shape index (κ3) is 3.66. The Balaban J connectivity index is 2.14. The van der Waals surface area contributed by atoms with Crippen LogP contribution in [0.15, 0.2) is 46.9 Å². The first kappa shape index (κ1) is 15.2. The fourth-order valence-corrected chi connectivity index (χ4v) is 2.69. The SMILES string of the molecule is Cc1ccccc1CC(Cc1cccc(F)c1Br)NN. The number of benzene rings is 2. The summed E-state index contributed by atoms with van der Waals surface area (Å²) in [5.74, 6) is 5.41. The van der Waals surface area contributed by atoms with Crippen molar-refractivity contribution in [1.82, 2.24) is 5.43 Å². The molecule has 0 fully saturated rings. The Hall–Kier alpha value is -1.23. The molecule has 20 heavy (non-hydrogen) atoms. The van der Waals surface area contributed by atoms with Gasteiger partial charge in [0.2, 0.25) is 0 Å². The monoisotopic (exact) mass is 336 g/mol. The molecule has 2 rings (SSSR count). The van der Waals surface area contributed by atoms with Gasteiger partial charge in [-0.15, -0.1) is 0 Å². The number of hydrogen-bond acceptors (Lipinski definition) is 2. The molecule has 0 amide bonds. The molecule has 0 bridgehead atoms. The minimum atomic E-state index is -0.242. The Morgan fingerprint density at radius 2 is 1.75 bits per heavy atom. The van der Waals surface area contributed by atoms with E-state index in [9.17, 15) is 4.39 Å². The molecule has 0 aliphatic rings. The van der Waals surface area contributed by atoms with E-state index in [4.69, 9.17) is 5.84 Å². The maximum Gasteiger partial charge on any atom is 0.137 e. The smallest absolute Gasteiger partial charge is 0.137 e. The fourth-order valence-electron chi connectivity index (χ4n) is 2.27. The van der Waals surface area contributed by atoms with Crippen molar-refractivity contribution < 1.29 is 4.39 Å². The molecule has 1 unspecified atom stereocenters. The zero-order valence-electron chi connectivity index (χ0n) is 11.4. The van der Waals surface area contributed by atoms with Crippen LogP contribution in [0.1, 0.15) is 16.7 Å². The van der Waals surface area contributed by atoms with Crippen LogP contribution >= 0.6 is 15.9 Å². The fraction of sp³-hybridized carbons (Fsp3) is 0.250. The quantitative estimate of drug-likeness (QED) is 0.647. The van der Waals surface area contributed by atoms with Gasteiger partial charge in [0.15, 0.2) is 0 Å². The molecular weight excluding hydrogens is 319 g/mol. The van der Waals surface area contributed by atoms with E-state index in [0.29, 0.717) is 10.9 Å². The van der Waals surface area contributed by atoms with E-state index in [1.165, 1.54) is 17.2 Å². The lowest BCUT2D eigenvalue weighted by molar-refractivity contribution is 0.518. The predicted octanol–water partition coefficient (Wildman–Crippen LogP) is 3.51. The second-order valence-electron chi connectivity index (χ2n) is 4.91. The van der Waals surface area contributed by atoms with Gasteiger partial charge in [-0.3, -0.25) is 11.3 Å². The highest BCUT2D eigenvalue weighted by Crippen LogP contribution is 2.22. The van der Waals surface area contributed by atoms with Crippen LogP contribution in [-0.4, -0.2) is 6.04 Å². The third-order valence-corrected chi connectivity index (χ3v) is 4.35. The summed E-state index contributed by atoms with van der Waals surface area (Å²) >= 11 is 3.29. The molecule has 0 spiro atoms. The highest BCUT2D eigenvalue weighted by Gasteiger charge is 2.13. The Morgan fingerprint density at radius 3 is 2.45 bits per heavy atom. The average molecular weight is 337 g/mol. The van der Waals surface area contributed by atoms with Crippen LogP contribution in [0.3, 0.4) is 0 Å². The van der Waals surface area contributed by atoms with Crippen LogP contribution in [0.25, 0.3) is 0 Å². The largest absolute Gasteiger partial charge is 0.271 e. The van der Waals surface area contributed by atoms with Gasteiger partial charge in [0.1, 0.15) is 5.82 Å². The molecular formula is C16H18BrFN2.